The summed E-state index contributed by atoms with van der Waals surface area (Å²) in [4.78, 5) is 26.6. The van der Waals surface area contributed by atoms with Crippen LogP contribution in [0.3, 0.4) is 0 Å². The van der Waals surface area contributed by atoms with Gasteiger partial charge in [0.15, 0.2) is 0 Å². The maximum Gasteiger partial charge on any atom is 0.332 e. The van der Waals surface area contributed by atoms with Gasteiger partial charge in [0.05, 0.1) is 19.9 Å². The van der Waals surface area contributed by atoms with Gasteiger partial charge in [0.25, 0.3) is 0 Å². The molecule has 3 aromatic rings. The van der Waals surface area contributed by atoms with Crippen molar-refractivity contribution in [2.45, 2.75) is 48.5 Å². The average Bonchev–Trinajstić information content (AvgIpc) is 3.04. The number of methoxy groups -OCH3 is 2. The second-order valence-electron chi connectivity index (χ2n) is 9.86. The number of urea groups is 1. The highest BCUT2D eigenvalue weighted by atomic mass is 16.5. The number of carbonyl (C=O) groups is 1. The molecule has 2 aromatic carbocycles. The summed E-state index contributed by atoms with van der Waals surface area (Å²) in [5.41, 5.74) is 9.96. The summed E-state index contributed by atoms with van der Waals surface area (Å²) in [5, 5.41) is 6.44. The SMILES string of the molecule is C/C=C\C(C)=C(\NC(=O)N(c1cc(Nc2ccc(N(CC)CCN)cc2)ncn1)c1ccc(OC)cc1OC)C(C)C.CC. The van der Waals surface area contributed by atoms with E-state index in [-0.39, 0.29) is 11.9 Å². The molecule has 4 N–H and O–H groups in total. The molecule has 0 unspecified atom stereocenters. The van der Waals surface area contributed by atoms with Crippen LogP contribution in [0.1, 0.15) is 48.5 Å². The predicted molar refractivity (Wildman–Crippen MR) is 183 cm³/mol. The highest BCUT2D eigenvalue weighted by Gasteiger charge is 2.25. The van der Waals surface area contributed by atoms with E-state index in [0.717, 1.165) is 35.7 Å². The van der Waals surface area contributed by atoms with Crippen LogP contribution in [0.5, 0.6) is 11.5 Å². The summed E-state index contributed by atoms with van der Waals surface area (Å²) in [6, 6.07) is 14.6. The number of benzene rings is 2. The molecule has 0 aliphatic carbocycles. The third-order valence-electron chi connectivity index (χ3n) is 6.66. The zero-order chi connectivity index (χ0) is 32.6. The zero-order valence-electron chi connectivity index (χ0n) is 27.6. The Bertz CT molecular complexity index is 1390. The lowest BCUT2D eigenvalue weighted by Crippen LogP contribution is -2.38. The normalized spacial score (nSPS) is 11.3. The Morgan fingerprint density at radius 1 is 1.05 bits per heavy atom. The number of hydrogen-bond donors (Lipinski definition) is 3. The van der Waals surface area contributed by atoms with Gasteiger partial charge in [0.1, 0.15) is 29.5 Å². The van der Waals surface area contributed by atoms with Crippen molar-refractivity contribution in [3.63, 3.8) is 0 Å². The smallest absolute Gasteiger partial charge is 0.332 e. The number of nitrogens with one attached hydrogen (secondary N) is 2. The number of hydrogen-bond acceptors (Lipinski definition) is 8. The zero-order valence-corrected chi connectivity index (χ0v) is 27.6. The minimum Gasteiger partial charge on any atom is -0.497 e. The molecule has 0 saturated carbocycles. The number of amides is 2. The molecule has 0 spiro atoms. The second-order valence-corrected chi connectivity index (χ2v) is 9.86. The minimum absolute atomic E-state index is 0.0730. The first-order chi connectivity index (χ1) is 21.3. The molecule has 0 atom stereocenters. The molecule has 0 aliphatic rings. The van der Waals surface area contributed by atoms with Crippen LogP contribution in [0.2, 0.25) is 0 Å². The van der Waals surface area contributed by atoms with Crippen LogP contribution in [0.4, 0.5) is 33.5 Å². The van der Waals surface area contributed by atoms with Gasteiger partial charge in [-0.05, 0) is 68.7 Å². The fourth-order valence-electron chi connectivity index (χ4n) is 4.58. The molecule has 44 heavy (non-hydrogen) atoms. The van der Waals surface area contributed by atoms with E-state index in [1.807, 2.05) is 78.0 Å². The summed E-state index contributed by atoms with van der Waals surface area (Å²) in [7, 11) is 3.13. The van der Waals surface area contributed by atoms with Crippen LogP contribution >= 0.6 is 0 Å². The van der Waals surface area contributed by atoms with E-state index in [1.165, 1.54) is 11.2 Å². The Morgan fingerprint density at radius 2 is 1.75 bits per heavy atom. The van der Waals surface area contributed by atoms with E-state index in [9.17, 15) is 4.79 Å². The van der Waals surface area contributed by atoms with Crippen LogP contribution in [-0.2, 0) is 0 Å². The van der Waals surface area contributed by atoms with E-state index in [2.05, 4.69) is 32.4 Å². The van der Waals surface area contributed by atoms with Crippen molar-refractivity contribution < 1.29 is 14.3 Å². The molecule has 1 heterocycles. The van der Waals surface area contributed by atoms with Crippen LogP contribution in [0.15, 0.2) is 78.3 Å². The summed E-state index contributed by atoms with van der Waals surface area (Å²) >= 11 is 0. The number of anilines is 5. The lowest BCUT2D eigenvalue weighted by Gasteiger charge is -2.26. The van der Waals surface area contributed by atoms with Crippen molar-refractivity contribution in [1.82, 2.24) is 15.3 Å². The Hall–Kier alpha value is -4.57. The van der Waals surface area contributed by atoms with Gasteiger partial charge < -0.3 is 30.7 Å². The van der Waals surface area contributed by atoms with Gasteiger partial charge in [-0.3, -0.25) is 0 Å². The molecule has 238 valence electrons. The Labute approximate surface area is 263 Å². The van der Waals surface area contributed by atoms with Gasteiger partial charge in [-0.15, -0.1) is 0 Å². The first-order valence-electron chi connectivity index (χ1n) is 15.1. The van der Waals surface area contributed by atoms with E-state index in [1.54, 1.807) is 38.5 Å². The standard InChI is InChI=1S/C32H43N7O3.C2H6/c1-8-10-23(5)31(22(3)4)37-32(40)39(27-16-15-26(41-6)19-28(27)42-7)30-20-29(34-21-35-30)36-24-11-13-25(14-12-24)38(9-2)18-17-33;1-2/h8,10-16,19-22H,9,17-18,33H2,1-7H3,(H,37,40)(H,34,35,36);1-2H3/b10-8-,31-23+;. The molecule has 0 radical (unpaired) electrons. The van der Waals surface area contributed by atoms with Crippen LogP contribution in [0, 0.1) is 5.92 Å². The Balaban J connectivity index is 0.00000330. The molecule has 10 heteroatoms. The van der Waals surface area contributed by atoms with Gasteiger partial charge in [-0.2, -0.15) is 0 Å². The second kappa shape index (κ2) is 18.2. The van der Waals surface area contributed by atoms with Crippen LogP contribution < -0.4 is 35.6 Å². The fraction of sp³-hybridized carbons (Fsp3) is 0.382. The lowest BCUT2D eigenvalue weighted by atomic mass is 10.0. The number of rotatable bonds is 13. The maximum atomic E-state index is 14.0. The number of ether oxygens (including phenoxy) is 2. The van der Waals surface area contributed by atoms with Gasteiger partial charge >= 0.3 is 6.03 Å². The summed E-state index contributed by atoms with van der Waals surface area (Å²) in [6.07, 6.45) is 5.34. The van der Waals surface area contributed by atoms with Gasteiger partial charge in [-0.1, -0.05) is 39.8 Å². The number of nitrogens with two attached hydrogens (primary N) is 1. The highest BCUT2D eigenvalue weighted by Crippen LogP contribution is 2.37. The molecule has 3 rings (SSSR count). The molecule has 0 fully saturated rings. The summed E-state index contributed by atoms with van der Waals surface area (Å²) in [5.74, 6) is 2.01. The molecule has 0 bridgehead atoms. The van der Waals surface area contributed by atoms with Crippen molar-refractivity contribution in [2.75, 3.05) is 49.0 Å². The Morgan fingerprint density at radius 3 is 2.32 bits per heavy atom. The first kappa shape index (κ1) is 35.6. The third-order valence-corrected chi connectivity index (χ3v) is 6.66. The van der Waals surface area contributed by atoms with Crippen molar-refractivity contribution >= 4 is 34.7 Å². The summed E-state index contributed by atoms with van der Waals surface area (Å²) in [6.45, 7) is 16.3. The van der Waals surface area contributed by atoms with Crippen LogP contribution in [-0.4, -0.2) is 49.9 Å². The number of carbonyl (C=O) groups excluding carboxylic acids is 1. The highest BCUT2D eigenvalue weighted by molar-refractivity contribution is 6.01. The van der Waals surface area contributed by atoms with Gasteiger partial charge in [0.2, 0.25) is 0 Å². The Kier molecular flexibility index (Phi) is 14.7. The number of nitrogens with zero attached hydrogens (tertiary/aromatic N) is 4. The van der Waals surface area contributed by atoms with E-state index in [4.69, 9.17) is 15.2 Å². The van der Waals surface area contributed by atoms with Crippen molar-refractivity contribution in [3.8, 4) is 11.5 Å². The van der Waals surface area contributed by atoms with Crippen LogP contribution in [0.25, 0.3) is 0 Å². The lowest BCUT2D eigenvalue weighted by molar-refractivity contribution is 0.249. The average molecular weight is 604 g/mol. The molecule has 0 saturated heterocycles. The quantitative estimate of drug-likeness (QED) is 0.173. The molecule has 10 nitrogen and oxygen atoms in total. The third kappa shape index (κ3) is 9.47. The van der Waals surface area contributed by atoms with Gasteiger partial charge in [-0.25, -0.2) is 19.7 Å². The molecule has 1 aromatic heterocycles. The molecule has 2 amide bonds. The van der Waals surface area contributed by atoms with E-state index in [0.29, 0.717) is 35.4 Å². The monoisotopic (exact) mass is 603 g/mol. The van der Waals surface area contributed by atoms with Crippen molar-refractivity contribution in [2.24, 2.45) is 11.7 Å². The van der Waals surface area contributed by atoms with E-state index < -0.39 is 0 Å². The van der Waals surface area contributed by atoms with Crippen molar-refractivity contribution in [1.29, 1.82) is 0 Å². The molecular formula is C34H49N7O3. The first-order valence-corrected chi connectivity index (χ1v) is 15.1. The summed E-state index contributed by atoms with van der Waals surface area (Å²) < 4.78 is 11.0. The predicted octanol–water partition coefficient (Wildman–Crippen LogP) is 7.40. The number of likely N-dealkylation sites (N-methyl/N-ethyl adjacent to an activating group) is 1. The fourth-order valence-corrected chi connectivity index (χ4v) is 4.58. The minimum atomic E-state index is -0.389. The van der Waals surface area contributed by atoms with Crippen molar-refractivity contribution in [3.05, 3.63) is 78.3 Å². The topological polar surface area (TPSA) is 118 Å². The van der Waals surface area contributed by atoms with Gasteiger partial charge in [0, 0.05) is 48.8 Å². The number of aromatic nitrogens is 2. The molecule has 0 aliphatic heterocycles. The molecular weight excluding hydrogens is 554 g/mol. The van der Waals surface area contributed by atoms with E-state index >= 15 is 0 Å². The number of allylic oxidation sites excluding steroid dienone is 4. The largest absolute Gasteiger partial charge is 0.497 e. The maximum absolute atomic E-state index is 14.0.